The molecule has 1 amide bonds. The summed E-state index contributed by atoms with van der Waals surface area (Å²) in [6.07, 6.45) is 1.72. The van der Waals surface area contributed by atoms with E-state index in [1.165, 1.54) is 0 Å². The molecule has 0 aliphatic rings. The molecule has 0 saturated heterocycles. The molecule has 1 heterocycles. The predicted octanol–water partition coefficient (Wildman–Crippen LogP) is 2.96. The maximum absolute atomic E-state index is 12.7. The van der Waals surface area contributed by atoms with Gasteiger partial charge in [0.2, 0.25) is 5.91 Å². The summed E-state index contributed by atoms with van der Waals surface area (Å²) in [5.41, 5.74) is 1.71. The highest BCUT2D eigenvalue weighted by molar-refractivity contribution is 6.31. The number of hydrogen-bond acceptors (Lipinski definition) is 9. The molecule has 206 valence electrons. The number of esters is 1. The summed E-state index contributed by atoms with van der Waals surface area (Å²) in [5, 5.41) is 7.84. The SMILES string of the molecule is CCOCN(COCC)C(C)CN(CC(=O)NCCNc1ccnc2cc(Cl)ccc12)CC(=O)OCC. The van der Waals surface area contributed by atoms with E-state index in [1.54, 1.807) is 18.0 Å². The largest absolute Gasteiger partial charge is 0.465 e. The number of rotatable bonds is 18. The van der Waals surface area contributed by atoms with Crippen molar-refractivity contribution in [3.05, 3.63) is 35.5 Å². The number of halogens is 1. The quantitative estimate of drug-likeness (QED) is 0.169. The van der Waals surface area contributed by atoms with E-state index < -0.39 is 0 Å². The molecule has 2 rings (SSSR count). The van der Waals surface area contributed by atoms with E-state index in [0.29, 0.717) is 51.3 Å². The molecule has 1 atom stereocenters. The van der Waals surface area contributed by atoms with E-state index in [1.807, 2.05) is 49.9 Å². The molecular weight excluding hydrogens is 498 g/mol. The maximum Gasteiger partial charge on any atom is 0.320 e. The summed E-state index contributed by atoms with van der Waals surface area (Å²) in [4.78, 5) is 33.1. The Morgan fingerprint density at radius 1 is 1.03 bits per heavy atom. The molecule has 0 radical (unpaired) electrons. The van der Waals surface area contributed by atoms with Crippen LogP contribution in [0.4, 0.5) is 5.69 Å². The summed E-state index contributed by atoms with van der Waals surface area (Å²) in [6.45, 7) is 11.4. The highest BCUT2D eigenvalue weighted by atomic mass is 35.5. The fourth-order valence-electron chi connectivity index (χ4n) is 3.71. The molecule has 0 saturated carbocycles. The van der Waals surface area contributed by atoms with Crippen molar-refractivity contribution in [3.8, 4) is 0 Å². The van der Waals surface area contributed by atoms with Crippen LogP contribution in [0.2, 0.25) is 5.02 Å². The number of fused-ring (bicyclic) bond motifs is 1. The van der Waals surface area contributed by atoms with Gasteiger partial charge in [-0.25, -0.2) is 0 Å². The molecule has 0 aliphatic heterocycles. The zero-order valence-corrected chi connectivity index (χ0v) is 23.1. The molecular formula is C26H40ClN5O5. The Balaban J connectivity index is 1.91. The van der Waals surface area contributed by atoms with Gasteiger partial charge in [0.25, 0.3) is 0 Å². The lowest BCUT2D eigenvalue weighted by atomic mass is 10.2. The van der Waals surface area contributed by atoms with E-state index in [-0.39, 0.29) is 37.6 Å². The standard InChI is InChI=1S/C26H40ClN5O5/c1-5-35-18-32(19-36-6-2)20(4)15-31(17-26(34)37-7-3)16-25(33)30-13-12-29-23-10-11-28-24-14-21(27)8-9-22(23)24/h8-11,14,20H,5-7,12-13,15-19H2,1-4H3,(H,28,29)(H,30,33). The summed E-state index contributed by atoms with van der Waals surface area (Å²) in [5.74, 6) is -0.541. The number of aromatic nitrogens is 1. The number of benzene rings is 1. The molecule has 2 N–H and O–H groups in total. The van der Waals surface area contributed by atoms with Crippen molar-refractivity contribution < 1.29 is 23.8 Å². The number of anilines is 1. The van der Waals surface area contributed by atoms with Crippen LogP contribution in [0.15, 0.2) is 30.5 Å². The minimum atomic E-state index is -0.366. The third kappa shape index (κ3) is 11.2. The first-order valence-electron chi connectivity index (χ1n) is 12.7. The van der Waals surface area contributed by atoms with Gasteiger partial charge in [0, 0.05) is 61.2 Å². The number of nitrogens with one attached hydrogen (secondary N) is 2. The monoisotopic (exact) mass is 537 g/mol. The van der Waals surface area contributed by atoms with Gasteiger partial charge in [-0.1, -0.05) is 11.6 Å². The van der Waals surface area contributed by atoms with Crippen molar-refractivity contribution in [3.63, 3.8) is 0 Å². The van der Waals surface area contributed by atoms with Gasteiger partial charge in [-0.15, -0.1) is 0 Å². The molecule has 0 fully saturated rings. The highest BCUT2D eigenvalue weighted by Crippen LogP contribution is 2.24. The van der Waals surface area contributed by atoms with E-state index in [2.05, 4.69) is 15.6 Å². The Bertz CT molecular complexity index is 972. The van der Waals surface area contributed by atoms with Crippen LogP contribution < -0.4 is 10.6 Å². The molecule has 11 heteroatoms. The lowest BCUT2D eigenvalue weighted by Crippen LogP contribution is -2.48. The zero-order chi connectivity index (χ0) is 27.0. The summed E-state index contributed by atoms with van der Waals surface area (Å²) < 4.78 is 16.3. The van der Waals surface area contributed by atoms with E-state index in [4.69, 9.17) is 25.8 Å². The Morgan fingerprint density at radius 2 is 1.76 bits per heavy atom. The molecule has 0 bridgehead atoms. The number of nitrogens with zero attached hydrogens (tertiary/aromatic N) is 3. The minimum Gasteiger partial charge on any atom is -0.465 e. The van der Waals surface area contributed by atoms with Crippen LogP contribution in [-0.2, 0) is 23.8 Å². The Kier molecular flexibility index (Phi) is 14.2. The van der Waals surface area contributed by atoms with Gasteiger partial charge in [-0.3, -0.25) is 24.4 Å². The molecule has 10 nitrogen and oxygen atoms in total. The highest BCUT2D eigenvalue weighted by Gasteiger charge is 2.22. The number of carbonyl (C=O) groups is 2. The Labute approximate surface area is 224 Å². The van der Waals surface area contributed by atoms with Gasteiger partial charge in [-0.05, 0) is 52.0 Å². The molecule has 1 aromatic heterocycles. The lowest BCUT2D eigenvalue weighted by Gasteiger charge is -2.32. The topological polar surface area (TPSA) is 105 Å². The fourth-order valence-corrected chi connectivity index (χ4v) is 3.87. The van der Waals surface area contributed by atoms with Crippen molar-refractivity contribution in [1.29, 1.82) is 0 Å². The van der Waals surface area contributed by atoms with Crippen LogP contribution >= 0.6 is 11.6 Å². The second kappa shape index (κ2) is 17.1. The number of amides is 1. The fraction of sp³-hybridized carbons (Fsp3) is 0.577. The predicted molar refractivity (Wildman–Crippen MR) is 146 cm³/mol. The van der Waals surface area contributed by atoms with Gasteiger partial charge in [-0.2, -0.15) is 0 Å². The first kappa shape index (κ1) is 30.7. The van der Waals surface area contributed by atoms with Gasteiger partial charge < -0.3 is 24.8 Å². The van der Waals surface area contributed by atoms with Gasteiger partial charge >= 0.3 is 5.97 Å². The lowest BCUT2D eigenvalue weighted by molar-refractivity contribution is -0.145. The molecule has 1 unspecified atom stereocenters. The molecule has 1 aromatic carbocycles. The van der Waals surface area contributed by atoms with Crippen molar-refractivity contribution in [1.82, 2.24) is 20.1 Å². The first-order valence-corrected chi connectivity index (χ1v) is 13.1. The average molecular weight is 538 g/mol. The van der Waals surface area contributed by atoms with E-state index in [9.17, 15) is 9.59 Å². The second-order valence-corrected chi connectivity index (χ2v) is 8.89. The number of hydrogen-bond donors (Lipinski definition) is 2. The van der Waals surface area contributed by atoms with E-state index >= 15 is 0 Å². The Hall–Kier alpha value is -2.50. The van der Waals surface area contributed by atoms with Gasteiger partial charge in [0.15, 0.2) is 0 Å². The maximum atomic E-state index is 12.7. The van der Waals surface area contributed by atoms with Crippen LogP contribution in [0, 0.1) is 0 Å². The summed E-state index contributed by atoms with van der Waals surface area (Å²) in [7, 11) is 0. The smallest absolute Gasteiger partial charge is 0.320 e. The van der Waals surface area contributed by atoms with Crippen molar-refractivity contribution >= 4 is 40.1 Å². The number of carbonyl (C=O) groups excluding carboxylic acids is 2. The number of pyridine rings is 1. The normalized spacial score (nSPS) is 12.2. The van der Waals surface area contributed by atoms with Gasteiger partial charge in [0.05, 0.1) is 25.2 Å². The Morgan fingerprint density at radius 3 is 2.43 bits per heavy atom. The molecule has 2 aromatic rings. The van der Waals surface area contributed by atoms with Crippen LogP contribution in [0.3, 0.4) is 0 Å². The van der Waals surface area contributed by atoms with Crippen LogP contribution in [0.5, 0.6) is 0 Å². The van der Waals surface area contributed by atoms with Gasteiger partial charge in [0.1, 0.15) is 13.5 Å². The van der Waals surface area contributed by atoms with Crippen molar-refractivity contribution in [2.45, 2.75) is 33.7 Å². The van der Waals surface area contributed by atoms with Crippen molar-refractivity contribution in [2.75, 3.05) is 71.3 Å². The average Bonchev–Trinajstić information content (AvgIpc) is 2.86. The van der Waals surface area contributed by atoms with Crippen molar-refractivity contribution in [2.24, 2.45) is 0 Å². The van der Waals surface area contributed by atoms with E-state index in [0.717, 1.165) is 16.6 Å². The van der Waals surface area contributed by atoms with Crippen LogP contribution in [0.1, 0.15) is 27.7 Å². The third-order valence-electron chi connectivity index (χ3n) is 5.56. The first-order chi connectivity index (χ1) is 17.9. The molecule has 0 aliphatic carbocycles. The zero-order valence-electron chi connectivity index (χ0n) is 22.3. The summed E-state index contributed by atoms with van der Waals surface area (Å²) >= 11 is 6.06. The molecule has 0 spiro atoms. The minimum absolute atomic E-state index is 0.0181. The number of ether oxygens (including phenoxy) is 3. The summed E-state index contributed by atoms with van der Waals surface area (Å²) in [6, 6.07) is 7.42. The molecule has 37 heavy (non-hydrogen) atoms. The van der Waals surface area contributed by atoms with Crippen LogP contribution in [-0.4, -0.2) is 98.7 Å². The second-order valence-electron chi connectivity index (χ2n) is 8.45. The van der Waals surface area contributed by atoms with Crippen LogP contribution in [0.25, 0.3) is 10.9 Å². The third-order valence-corrected chi connectivity index (χ3v) is 5.80.